The smallest absolute Gasteiger partial charge is 0.346 e. The second-order valence-corrected chi connectivity index (χ2v) is 5.97. The molecule has 9 heteroatoms. The number of esters is 1. The summed E-state index contributed by atoms with van der Waals surface area (Å²) in [6.45, 7) is 3.71. The Morgan fingerprint density at radius 3 is 2.76 bits per heavy atom. The molecular formula is C12H13N3O4S2. The summed E-state index contributed by atoms with van der Waals surface area (Å²) in [5.74, 6) is -1.09. The number of thioether (sulfide) groups is 1. The molecule has 0 aliphatic rings. The molecule has 2 heterocycles. The predicted molar refractivity (Wildman–Crippen MR) is 80.9 cm³/mol. The summed E-state index contributed by atoms with van der Waals surface area (Å²) in [6, 6.07) is 0. The van der Waals surface area contributed by atoms with Gasteiger partial charge in [-0.05, 0) is 19.4 Å². The van der Waals surface area contributed by atoms with Crippen molar-refractivity contribution in [2.24, 2.45) is 0 Å². The number of carboxylic acids is 1. The largest absolute Gasteiger partial charge is 0.477 e. The number of nitrogens with zero attached hydrogens (tertiary/aromatic N) is 2. The summed E-state index contributed by atoms with van der Waals surface area (Å²) < 4.78 is 4.81. The number of anilines is 1. The lowest BCUT2D eigenvalue weighted by atomic mass is 10.2. The summed E-state index contributed by atoms with van der Waals surface area (Å²) in [4.78, 5) is 31.5. The molecule has 0 amide bonds. The maximum Gasteiger partial charge on any atom is 0.346 e. The van der Waals surface area contributed by atoms with E-state index >= 15 is 0 Å². The van der Waals surface area contributed by atoms with Gasteiger partial charge in [0, 0.05) is 0 Å². The zero-order chi connectivity index (χ0) is 15.6. The van der Waals surface area contributed by atoms with Crippen LogP contribution in [0, 0.1) is 6.92 Å². The fourth-order valence-electron chi connectivity index (χ4n) is 1.74. The number of hydrogen-bond donors (Lipinski definition) is 2. The molecule has 0 saturated heterocycles. The van der Waals surface area contributed by atoms with E-state index in [9.17, 15) is 9.59 Å². The first kappa shape index (κ1) is 15.5. The van der Waals surface area contributed by atoms with Crippen molar-refractivity contribution in [1.82, 2.24) is 9.97 Å². The van der Waals surface area contributed by atoms with Crippen LogP contribution in [-0.4, -0.2) is 39.4 Å². The normalized spacial score (nSPS) is 10.8. The standard InChI is InChI=1S/C12H13N3O4S2/c1-3-19-6(16)4-20-12-14-9(13)7-5(2)8(11(17)18)21-10(7)15-12/h3-4H2,1-2H3,(H,17,18)(H2,13,14,15). The highest BCUT2D eigenvalue weighted by Crippen LogP contribution is 2.33. The lowest BCUT2D eigenvalue weighted by Gasteiger charge is -2.03. The number of nitrogens with two attached hydrogens (primary N) is 1. The highest BCUT2D eigenvalue weighted by molar-refractivity contribution is 7.99. The Balaban J connectivity index is 2.32. The van der Waals surface area contributed by atoms with Crippen molar-refractivity contribution in [1.29, 1.82) is 0 Å². The zero-order valence-corrected chi connectivity index (χ0v) is 13.0. The summed E-state index contributed by atoms with van der Waals surface area (Å²) in [5.41, 5.74) is 6.43. The van der Waals surface area contributed by atoms with Crippen molar-refractivity contribution in [3.8, 4) is 0 Å². The first-order chi connectivity index (χ1) is 9.93. The molecule has 2 rings (SSSR count). The molecule has 0 atom stereocenters. The number of aromatic carboxylic acids is 1. The predicted octanol–water partition coefficient (Wildman–Crippen LogP) is 1.94. The Morgan fingerprint density at radius 1 is 1.43 bits per heavy atom. The highest BCUT2D eigenvalue weighted by atomic mass is 32.2. The van der Waals surface area contributed by atoms with Gasteiger partial charge in [0.2, 0.25) is 0 Å². The molecule has 112 valence electrons. The number of carboxylic acid groups (broad SMARTS) is 1. The van der Waals surface area contributed by atoms with Crippen molar-refractivity contribution in [3.05, 3.63) is 10.4 Å². The Bertz CT molecular complexity index is 714. The van der Waals surface area contributed by atoms with Crippen LogP contribution in [0.5, 0.6) is 0 Å². The number of hydrogen-bond acceptors (Lipinski definition) is 8. The van der Waals surface area contributed by atoms with Crippen molar-refractivity contribution in [2.75, 3.05) is 18.1 Å². The van der Waals surface area contributed by atoms with E-state index in [0.29, 0.717) is 27.5 Å². The Hall–Kier alpha value is -1.87. The number of aromatic nitrogens is 2. The number of ether oxygens (including phenoxy) is 1. The summed E-state index contributed by atoms with van der Waals surface area (Å²) in [5, 5.41) is 10.00. The highest BCUT2D eigenvalue weighted by Gasteiger charge is 2.19. The molecule has 0 radical (unpaired) electrons. The van der Waals surface area contributed by atoms with Gasteiger partial charge in [-0.3, -0.25) is 4.79 Å². The first-order valence-corrected chi connectivity index (χ1v) is 7.82. The van der Waals surface area contributed by atoms with Crippen LogP contribution < -0.4 is 5.73 Å². The van der Waals surface area contributed by atoms with Crippen LogP contribution in [0.25, 0.3) is 10.2 Å². The summed E-state index contributed by atoms with van der Waals surface area (Å²) >= 11 is 2.15. The molecule has 0 aromatic carbocycles. The van der Waals surface area contributed by atoms with Crippen molar-refractivity contribution < 1.29 is 19.4 Å². The van der Waals surface area contributed by atoms with Gasteiger partial charge in [0.25, 0.3) is 0 Å². The van der Waals surface area contributed by atoms with Crippen molar-refractivity contribution in [3.63, 3.8) is 0 Å². The third-order valence-corrected chi connectivity index (χ3v) is 4.61. The van der Waals surface area contributed by atoms with Gasteiger partial charge >= 0.3 is 11.9 Å². The molecule has 0 spiro atoms. The zero-order valence-electron chi connectivity index (χ0n) is 11.4. The number of rotatable bonds is 5. The van der Waals surface area contributed by atoms with E-state index in [1.54, 1.807) is 13.8 Å². The fourth-order valence-corrected chi connectivity index (χ4v) is 3.48. The molecule has 3 N–H and O–H groups in total. The van der Waals surface area contributed by atoms with E-state index < -0.39 is 5.97 Å². The Morgan fingerprint density at radius 2 is 2.14 bits per heavy atom. The number of fused-ring (bicyclic) bond motifs is 1. The van der Waals surface area contributed by atoms with Gasteiger partial charge in [0.1, 0.15) is 15.5 Å². The van der Waals surface area contributed by atoms with Gasteiger partial charge in [0.05, 0.1) is 17.7 Å². The molecule has 0 aliphatic heterocycles. The maximum absolute atomic E-state index is 11.3. The van der Waals surface area contributed by atoms with Crippen LogP contribution >= 0.6 is 23.1 Å². The van der Waals surface area contributed by atoms with Crippen LogP contribution in [0.15, 0.2) is 5.16 Å². The summed E-state index contributed by atoms with van der Waals surface area (Å²) in [7, 11) is 0. The summed E-state index contributed by atoms with van der Waals surface area (Å²) in [6.07, 6.45) is 0. The molecule has 0 fully saturated rings. The van der Waals surface area contributed by atoms with Gasteiger partial charge in [-0.25, -0.2) is 14.8 Å². The third kappa shape index (κ3) is 3.24. The van der Waals surface area contributed by atoms with Crippen LogP contribution in [0.2, 0.25) is 0 Å². The number of thiophene rings is 1. The molecule has 0 saturated carbocycles. The van der Waals surface area contributed by atoms with Gasteiger partial charge in [-0.15, -0.1) is 11.3 Å². The average molecular weight is 327 g/mol. The lowest BCUT2D eigenvalue weighted by Crippen LogP contribution is -2.07. The second kappa shape index (κ2) is 6.27. The van der Waals surface area contributed by atoms with Crippen LogP contribution in [0.4, 0.5) is 5.82 Å². The molecule has 7 nitrogen and oxygen atoms in total. The fraction of sp³-hybridized carbons (Fsp3) is 0.333. The number of carbonyl (C=O) groups is 2. The van der Waals surface area contributed by atoms with Gasteiger partial charge in [-0.2, -0.15) is 0 Å². The average Bonchev–Trinajstić information content (AvgIpc) is 2.74. The van der Waals surface area contributed by atoms with E-state index in [2.05, 4.69) is 9.97 Å². The van der Waals surface area contributed by atoms with Gasteiger partial charge < -0.3 is 15.6 Å². The van der Waals surface area contributed by atoms with Crippen LogP contribution in [-0.2, 0) is 9.53 Å². The third-order valence-electron chi connectivity index (χ3n) is 2.62. The quantitative estimate of drug-likeness (QED) is 0.486. The molecule has 2 aromatic rings. The monoisotopic (exact) mass is 327 g/mol. The minimum Gasteiger partial charge on any atom is -0.477 e. The maximum atomic E-state index is 11.3. The molecule has 0 unspecified atom stereocenters. The molecule has 0 aliphatic carbocycles. The van der Waals surface area contributed by atoms with Gasteiger partial charge in [-0.1, -0.05) is 11.8 Å². The van der Waals surface area contributed by atoms with Gasteiger partial charge in [0.15, 0.2) is 5.16 Å². The number of carbonyl (C=O) groups excluding carboxylic acids is 1. The Labute approximate surface area is 128 Å². The van der Waals surface area contributed by atoms with E-state index in [4.69, 9.17) is 15.6 Å². The molecular weight excluding hydrogens is 314 g/mol. The van der Waals surface area contributed by atoms with Crippen molar-refractivity contribution >= 4 is 51.1 Å². The van der Waals surface area contributed by atoms with E-state index in [1.807, 2.05) is 0 Å². The van der Waals surface area contributed by atoms with E-state index in [-0.39, 0.29) is 22.4 Å². The lowest BCUT2D eigenvalue weighted by molar-refractivity contribution is -0.139. The first-order valence-electron chi connectivity index (χ1n) is 6.02. The molecule has 2 aromatic heterocycles. The molecule has 21 heavy (non-hydrogen) atoms. The van der Waals surface area contributed by atoms with Crippen LogP contribution in [0.3, 0.4) is 0 Å². The topological polar surface area (TPSA) is 115 Å². The Kier molecular flexibility index (Phi) is 4.63. The van der Waals surface area contributed by atoms with E-state index in [1.165, 1.54) is 0 Å². The van der Waals surface area contributed by atoms with E-state index in [0.717, 1.165) is 23.1 Å². The number of nitrogen functional groups attached to an aromatic ring is 1. The molecule has 0 bridgehead atoms. The minimum atomic E-state index is -1.02. The van der Waals surface area contributed by atoms with Crippen molar-refractivity contribution in [2.45, 2.75) is 19.0 Å². The minimum absolute atomic E-state index is 0.0783. The SMILES string of the molecule is CCOC(=O)CSc1nc(N)c2c(C)c(C(=O)O)sc2n1. The number of aryl methyl sites for hydroxylation is 1. The van der Waals surface area contributed by atoms with Crippen LogP contribution in [0.1, 0.15) is 22.2 Å². The second-order valence-electron chi connectivity index (χ2n) is 4.03.